The van der Waals surface area contributed by atoms with Crippen LogP contribution >= 0.6 is 0 Å². The molecule has 0 aromatic carbocycles. The Balaban J connectivity index is 3.61. The normalized spacial score (nSPS) is 13.5. The van der Waals surface area contributed by atoms with Gasteiger partial charge in [0.25, 0.3) is 10.1 Å². The molecule has 1 N–H and O–H groups in total. The molecule has 11 heavy (non-hydrogen) atoms. The van der Waals surface area contributed by atoms with Crippen LogP contribution in [-0.2, 0) is 14.9 Å². The standard InChI is InChI=1S/C6H14O4S/c1-6(2,3)10-4-5-11(7,8)9/h4-5H2,1-3H3,(H,7,8,9). The second-order valence-electron chi connectivity index (χ2n) is 3.25. The largest absolute Gasteiger partial charge is 0.375 e. The lowest BCUT2D eigenvalue weighted by Crippen LogP contribution is -2.23. The predicted octanol–water partition coefficient (Wildman–Crippen LogP) is 0.689. The maximum atomic E-state index is 10.2. The molecular formula is C6H14O4S. The fourth-order valence-corrected chi connectivity index (χ4v) is 0.747. The van der Waals surface area contributed by atoms with E-state index >= 15 is 0 Å². The molecule has 0 unspecified atom stereocenters. The maximum Gasteiger partial charge on any atom is 0.267 e. The fourth-order valence-electron chi connectivity index (χ4n) is 0.453. The van der Waals surface area contributed by atoms with Gasteiger partial charge in [0, 0.05) is 0 Å². The minimum atomic E-state index is -3.87. The van der Waals surface area contributed by atoms with Crippen molar-refractivity contribution in [1.29, 1.82) is 0 Å². The summed E-state index contributed by atoms with van der Waals surface area (Å²) in [6.07, 6.45) is 0. The summed E-state index contributed by atoms with van der Waals surface area (Å²) < 4.78 is 33.8. The molecule has 0 saturated carbocycles. The average molecular weight is 182 g/mol. The van der Waals surface area contributed by atoms with E-state index in [1.807, 2.05) is 20.8 Å². The van der Waals surface area contributed by atoms with Crippen molar-refractivity contribution in [2.75, 3.05) is 12.4 Å². The lowest BCUT2D eigenvalue weighted by molar-refractivity contribution is 0.00606. The first-order valence-corrected chi connectivity index (χ1v) is 4.91. The highest BCUT2D eigenvalue weighted by Gasteiger charge is 2.12. The van der Waals surface area contributed by atoms with Gasteiger partial charge in [-0.2, -0.15) is 8.42 Å². The van der Waals surface area contributed by atoms with E-state index < -0.39 is 10.1 Å². The van der Waals surface area contributed by atoms with E-state index in [9.17, 15) is 8.42 Å². The van der Waals surface area contributed by atoms with Crippen LogP contribution in [-0.4, -0.2) is 30.9 Å². The summed E-state index contributed by atoms with van der Waals surface area (Å²) in [6.45, 7) is 5.48. The van der Waals surface area contributed by atoms with Crippen molar-refractivity contribution in [1.82, 2.24) is 0 Å². The highest BCUT2D eigenvalue weighted by Crippen LogP contribution is 2.05. The lowest BCUT2D eigenvalue weighted by atomic mass is 10.2. The van der Waals surface area contributed by atoms with Gasteiger partial charge < -0.3 is 4.74 Å². The van der Waals surface area contributed by atoms with E-state index in [0.717, 1.165) is 0 Å². The van der Waals surface area contributed by atoms with Crippen molar-refractivity contribution < 1.29 is 17.7 Å². The molecule has 0 heterocycles. The minimum Gasteiger partial charge on any atom is -0.375 e. The Kier molecular flexibility index (Phi) is 3.47. The van der Waals surface area contributed by atoms with Crippen LogP contribution in [0.15, 0.2) is 0 Å². The zero-order valence-electron chi connectivity index (χ0n) is 6.99. The highest BCUT2D eigenvalue weighted by molar-refractivity contribution is 7.85. The molecule has 0 aliphatic carbocycles. The summed E-state index contributed by atoms with van der Waals surface area (Å²) in [7, 11) is -3.87. The molecule has 0 bridgehead atoms. The molecule has 0 aromatic heterocycles. The topological polar surface area (TPSA) is 63.6 Å². The molecule has 0 aliphatic heterocycles. The van der Waals surface area contributed by atoms with Crippen LogP contribution in [0.4, 0.5) is 0 Å². The molecule has 0 atom stereocenters. The molecule has 0 radical (unpaired) electrons. The summed E-state index contributed by atoms with van der Waals surface area (Å²) in [4.78, 5) is 0. The first-order valence-electron chi connectivity index (χ1n) is 3.30. The number of ether oxygens (including phenoxy) is 1. The van der Waals surface area contributed by atoms with E-state index in [0.29, 0.717) is 0 Å². The van der Waals surface area contributed by atoms with E-state index in [2.05, 4.69) is 0 Å². The molecule has 0 rings (SSSR count). The molecule has 0 aliphatic rings. The van der Waals surface area contributed by atoms with E-state index in [4.69, 9.17) is 9.29 Å². The Bertz CT molecular complexity index is 199. The monoisotopic (exact) mass is 182 g/mol. The smallest absolute Gasteiger partial charge is 0.267 e. The second kappa shape index (κ2) is 3.51. The van der Waals surface area contributed by atoms with Crippen LogP contribution in [0.3, 0.4) is 0 Å². The Hall–Kier alpha value is -0.130. The van der Waals surface area contributed by atoms with Crippen LogP contribution in [0, 0.1) is 0 Å². The number of hydrogen-bond donors (Lipinski definition) is 1. The van der Waals surface area contributed by atoms with E-state index in [-0.39, 0.29) is 18.0 Å². The van der Waals surface area contributed by atoms with Gasteiger partial charge in [-0.3, -0.25) is 4.55 Å². The molecule has 5 heteroatoms. The average Bonchev–Trinajstić information content (AvgIpc) is 1.55. The molecule has 0 aromatic rings. The highest BCUT2D eigenvalue weighted by atomic mass is 32.2. The molecule has 0 spiro atoms. The van der Waals surface area contributed by atoms with Crippen molar-refractivity contribution >= 4 is 10.1 Å². The summed E-state index contributed by atoms with van der Waals surface area (Å²) in [5, 5.41) is 0. The molecule has 0 saturated heterocycles. The van der Waals surface area contributed by atoms with Gasteiger partial charge in [0.05, 0.1) is 18.0 Å². The zero-order valence-corrected chi connectivity index (χ0v) is 7.81. The molecule has 0 amide bonds. The molecular weight excluding hydrogens is 168 g/mol. The van der Waals surface area contributed by atoms with Crippen molar-refractivity contribution in [2.24, 2.45) is 0 Å². The van der Waals surface area contributed by atoms with Crippen LogP contribution in [0.1, 0.15) is 20.8 Å². The van der Waals surface area contributed by atoms with Gasteiger partial charge in [0.15, 0.2) is 0 Å². The van der Waals surface area contributed by atoms with Gasteiger partial charge in [-0.05, 0) is 20.8 Å². The number of rotatable bonds is 3. The number of hydrogen-bond acceptors (Lipinski definition) is 3. The van der Waals surface area contributed by atoms with Gasteiger partial charge in [0.1, 0.15) is 0 Å². The summed E-state index contributed by atoms with van der Waals surface area (Å²) in [5.74, 6) is -0.343. The third-order valence-electron chi connectivity index (χ3n) is 0.876. The summed E-state index contributed by atoms with van der Waals surface area (Å²) >= 11 is 0. The van der Waals surface area contributed by atoms with Crippen molar-refractivity contribution in [3.8, 4) is 0 Å². The molecule has 0 fully saturated rings. The summed E-state index contributed by atoms with van der Waals surface area (Å²) in [5.41, 5.74) is -0.356. The van der Waals surface area contributed by atoms with E-state index in [1.54, 1.807) is 0 Å². The Morgan fingerprint density at radius 3 is 2.09 bits per heavy atom. The SMILES string of the molecule is CC(C)(C)OCCS(=O)(=O)O. The molecule has 68 valence electrons. The third-order valence-corrected chi connectivity index (χ3v) is 1.56. The van der Waals surface area contributed by atoms with Crippen LogP contribution in [0.25, 0.3) is 0 Å². The van der Waals surface area contributed by atoms with Gasteiger partial charge in [0.2, 0.25) is 0 Å². The predicted molar refractivity (Wildman–Crippen MR) is 42.1 cm³/mol. The summed E-state index contributed by atoms with van der Waals surface area (Å²) in [6, 6.07) is 0. The van der Waals surface area contributed by atoms with Crippen LogP contribution < -0.4 is 0 Å². The van der Waals surface area contributed by atoms with Gasteiger partial charge in [-0.15, -0.1) is 0 Å². The van der Waals surface area contributed by atoms with Gasteiger partial charge in [-0.1, -0.05) is 0 Å². The fraction of sp³-hybridized carbons (Fsp3) is 1.00. The quantitative estimate of drug-likeness (QED) is 0.652. The third kappa shape index (κ3) is 9.87. The second-order valence-corrected chi connectivity index (χ2v) is 4.82. The van der Waals surface area contributed by atoms with Gasteiger partial charge >= 0.3 is 0 Å². The first kappa shape index (κ1) is 10.9. The van der Waals surface area contributed by atoms with Crippen molar-refractivity contribution in [3.05, 3.63) is 0 Å². The maximum absolute atomic E-state index is 10.2. The van der Waals surface area contributed by atoms with Crippen LogP contribution in [0.5, 0.6) is 0 Å². The zero-order chi connectivity index (χ0) is 9.12. The van der Waals surface area contributed by atoms with Gasteiger partial charge in [-0.25, -0.2) is 0 Å². The van der Waals surface area contributed by atoms with E-state index in [1.165, 1.54) is 0 Å². The lowest BCUT2D eigenvalue weighted by Gasteiger charge is -2.18. The Labute approximate surface area is 67.3 Å². The Morgan fingerprint density at radius 2 is 1.82 bits per heavy atom. The van der Waals surface area contributed by atoms with Crippen LogP contribution in [0.2, 0.25) is 0 Å². The van der Waals surface area contributed by atoms with Crippen molar-refractivity contribution in [2.45, 2.75) is 26.4 Å². The first-order chi connectivity index (χ1) is 4.71. The minimum absolute atomic E-state index is 0.0301. The Morgan fingerprint density at radius 1 is 1.36 bits per heavy atom. The van der Waals surface area contributed by atoms with Crippen molar-refractivity contribution in [3.63, 3.8) is 0 Å². The molecule has 4 nitrogen and oxygen atoms in total.